The number of nitrogens with zero attached hydrogens (tertiary/aromatic N) is 4. The predicted molar refractivity (Wildman–Crippen MR) is 158 cm³/mol. The van der Waals surface area contributed by atoms with Crippen LogP contribution in [0.2, 0.25) is 0 Å². The van der Waals surface area contributed by atoms with E-state index in [2.05, 4.69) is 38.5 Å². The van der Waals surface area contributed by atoms with E-state index in [1.807, 2.05) is 69.4 Å². The van der Waals surface area contributed by atoms with E-state index in [0.29, 0.717) is 42.7 Å². The van der Waals surface area contributed by atoms with Gasteiger partial charge in [0.05, 0.1) is 11.1 Å². The maximum Gasteiger partial charge on any atom is 0.410 e. The summed E-state index contributed by atoms with van der Waals surface area (Å²) in [5.74, 6) is 1.88. The minimum atomic E-state index is -0.536. The Balaban J connectivity index is 1.24. The van der Waals surface area contributed by atoms with Gasteiger partial charge >= 0.3 is 6.09 Å². The van der Waals surface area contributed by atoms with Crippen molar-refractivity contribution in [3.8, 4) is 22.8 Å². The summed E-state index contributed by atoms with van der Waals surface area (Å²) in [5.41, 5.74) is 5.17. The average molecular weight is 549 g/mol. The topological polar surface area (TPSA) is 105 Å². The third-order valence-electron chi connectivity index (χ3n) is 6.83. The van der Waals surface area contributed by atoms with E-state index in [1.165, 1.54) is 5.56 Å². The van der Waals surface area contributed by atoms with Gasteiger partial charge in [0.1, 0.15) is 22.7 Å². The first-order valence-electron chi connectivity index (χ1n) is 13.7. The van der Waals surface area contributed by atoms with Crippen LogP contribution in [0.4, 0.5) is 10.7 Å². The number of benzene rings is 2. The Hall–Kier alpha value is -4.92. The van der Waals surface area contributed by atoms with Crippen LogP contribution in [0.3, 0.4) is 0 Å². The molecule has 5 aromatic rings. The highest BCUT2D eigenvalue weighted by Crippen LogP contribution is 2.37. The summed E-state index contributed by atoms with van der Waals surface area (Å²) in [5, 5.41) is 4.13. The fraction of sp³-hybridized carbons (Fsp3) is 0.250. The highest BCUT2D eigenvalue weighted by molar-refractivity contribution is 5.97. The standard InChI is InChI=1S/C32H32N6O3/c1-32(2,3)41-31(39)38-16-13-22-9-10-24(17-23(22)20-38)40-27-12-15-33-29-28(27)25(19-35-29)26-11-14-34-30(37-26)36-18-21-7-5-4-6-8-21/h4-12,14-15,17,19H,13,16,18,20H2,1-3H3,(H,33,35)(H,34,36,37). The van der Waals surface area contributed by atoms with Crippen molar-refractivity contribution >= 4 is 23.1 Å². The molecule has 9 nitrogen and oxygen atoms in total. The van der Waals surface area contributed by atoms with Gasteiger partial charge in [-0.05, 0) is 68.1 Å². The molecule has 4 heterocycles. The Bertz CT molecular complexity index is 1690. The van der Waals surface area contributed by atoms with Crippen LogP contribution in [-0.4, -0.2) is 43.1 Å². The lowest BCUT2D eigenvalue weighted by Gasteiger charge is -2.31. The molecular formula is C32H32N6O3. The number of carbonyl (C=O) groups is 1. The van der Waals surface area contributed by atoms with E-state index in [-0.39, 0.29) is 6.09 Å². The zero-order valence-corrected chi connectivity index (χ0v) is 23.3. The van der Waals surface area contributed by atoms with Crippen LogP contribution in [0.15, 0.2) is 79.3 Å². The number of aromatic amines is 1. The molecule has 9 heteroatoms. The third-order valence-corrected chi connectivity index (χ3v) is 6.83. The maximum absolute atomic E-state index is 12.7. The van der Waals surface area contributed by atoms with Crippen LogP contribution in [0.25, 0.3) is 22.3 Å². The zero-order valence-electron chi connectivity index (χ0n) is 23.3. The zero-order chi connectivity index (χ0) is 28.4. The Labute approximate surface area is 238 Å². The van der Waals surface area contributed by atoms with Crippen molar-refractivity contribution in [1.82, 2.24) is 24.8 Å². The molecule has 3 aromatic heterocycles. The molecule has 2 N–H and O–H groups in total. The van der Waals surface area contributed by atoms with Crippen molar-refractivity contribution in [2.24, 2.45) is 0 Å². The number of pyridine rings is 1. The van der Waals surface area contributed by atoms with Gasteiger partial charge in [0, 0.05) is 43.8 Å². The molecule has 6 rings (SSSR count). The lowest BCUT2D eigenvalue weighted by Crippen LogP contribution is -2.39. The Morgan fingerprint density at radius 3 is 2.68 bits per heavy atom. The van der Waals surface area contributed by atoms with Crippen molar-refractivity contribution in [2.75, 3.05) is 11.9 Å². The van der Waals surface area contributed by atoms with Gasteiger partial charge in [0.15, 0.2) is 0 Å². The quantitative estimate of drug-likeness (QED) is 0.243. The molecule has 1 aliphatic heterocycles. The van der Waals surface area contributed by atoms with Crippen LogP contribution >= 0.6 is 0 Å². The first-order valence-corrected chi connectivity index (χ1v) is 13.7. The average Bonchev–Trinajstić information content (AvgIpc) is 3.41. The van der Waals surface area contributed by atoms with E-state index in [1.54, 1.807) is 17.3 Å². The molecule has 0 spiro atoms. The van der Waals surface area contributed by atoms with Crippen molar-refractivity contribution in [3.05, 3.63) is 95.9 Å². The number of hydrogen-bond donors (Lipinski definition) is 2. The van der Waals surface area contributed by atoms with Gasteiger partial charge in [0.2, 0.25) is 5.95 Å². The summed E-state index contributed by atoms with van der Waals surface area (Å²) < 4.78 is 12.0. The highest BCUT2D eigenvalue weighted by atomic mass is 16.6. The van der Waals surface area contributed by atoms with E-state index < -0.39 is 5.60 Å². The first-order chi connectivity index (χ1) is 19.8. The van der Waals surface area contributed by atoms with Crippen LogP contribution in [-0.2, 0) is 24.2 Å². The molecule has 41 heavy (non-hydrogen) atoms. The number of ether oxygens (including phenoxy) is 2. The van der Waals surface area contributed by atoms with Crippen molar-refractivity contribution in [3.63, 3.8) is 0 Å². The largest absolute Gasteiger partial charge is 0.457 e. The molecule has 208 valence electrons. The van der Waals surface area contributed by atoms with E-state index in [4.69, 9.17) is 14.5 Å². The van der Waals surface area contributed by atoms with Crippen LogP contribution < -0.4 is 10.1 Å². The first kappa shape index (κ1) is 26.3. The van der Waals surface area contributed by atoms with Gasteiger partial charge in [-0.3, -0.25) is 0 Å². The van der Waals surface area contributed by atoms with Gasteiger partial charge in [-0.25, -0.2) is 19.7 Å². The van der Waals surface area contributed by atoms with Gasteiger partial charge < -0.3 is 24.7 Å². The molecule has 1 amide bonds. The van der Waals surface area contributed by atoms with Crippen molar-refractivity contribution < 1.29 is 14.3 Å². The molecule has 0 fully saturated rings. The van der Waals surface area contributed by atoms with E-state index >= 15 is 0 Å². The maximum atomic E-state index is 12.7. The second kappa shape index (κ2) is 10.9. The summed E-state index contributed by atoms with van der Waals surface area (Å²) in [6.45, 7) is 7.36. The summed E-state index contributed by atoms with van der Waals surface area (Å²) in [7, 11) is 0. The molecule has 0 saturated carbocycles. The summed E-state index contributed by atoms with van der Waals surface area (Å²) in [4.78, 5) is 31.3. The van der Waals surface area contributed by atoms with E-state index in [0.717, 1.165) is 34.2 Å². The monoisotopic (exact) mass is 548 g/mol. The predicted octanol–water partition coefficient (Wildman–Crippen LogP) is 6.72. The molecule has 0 radical (unpaired) electrons. The minimum absolute atomic E-state index is 0.301. The number of aromatic nitrogens is 4. The molecular weight excluding hydrogens is 516 g/mol. The number of anilines is 1. The number of carbonyl (C=O) groups excluding carboxylic acids is 1. The van der Waals surface area contributed by atoms with Crippen LogP contribution in [0.1, 0.15) is 37.5 Å². The second-order valence-electron chi connectivity index (χ2n) is 11.0. The molecule has 0 saturated heterocycles. The molecule has 0 atom stereocenters. The van der Waals surface area contributed by atoms with Crippen molar-refractivity contribution in [2.45, 2.75) is 45.9 Å². The Morgan fingerprint density at radius 2 is 1.85 bits per heavy atom. The smallest absolute Gasteiger partial charge is 0.410 e. The lowest BCUT2D eigenvalue weighted by molar-refractivity contribution is 0.0224. The summed E-state index contributed by atoms with van der Waals surface area (Å²) >= 11 is 0. The molecule has 0 bridgehead atoms. The van der Waals surface area contributed by atoms with Crippen molar-refractivity contribution in [1.29, 1.82) is 0 Å². The number of H-pyrrole nitrogens is 1. The number of fused-ring (bicyclic) bond motifs is 2. The second-order valence-corrected chi connectivity index (χ2v) is 11.0. The summed E-state index contributed by atoms with van der Waals surface area (Å²) in [6.07, 6.45) is 5.81. The van der Waals surface area contributed by atoms with Gasteiger partial charge in [-0.15, -0.1) is 0 Å². The third kappa shape index (κ3) is 5.99. The fourth-order valence-electron chi connectivity index (χ4n) is 4.89. The molecule has 1 aliphatic rings. The molecule has 0 unspecified atom stereocenters. The molecule has 2 aromatic carbocycles. The SMILES string of the molecule is CC(C)(C)OC(=O)N1CCc2ccc(Oc3ccnc4[nH]cc(-c5ccnc(NCc6ccccc6)n5)c34)cc2C1. The minimum Gasteiger partial charge on any atom is -0.457 e. The van der Waals surface area contributed by atoms with Crippen LogP contribution in [0, 0.1) is 0 Å². The van der Waals surface area contributed by atoms with Gasteiger partial charge in [0.25, 0.3) is 0 Å². The summed E-state index contributed by atoms with van der Waals surface area (Å²) in [6, 6.07) is 19.9. The number of amides is 1. The fourth-order valence-corrected chi connectivity index (χ4v) is 4.89. The lowest BCUT2D eigenvalue weighted by atomic mass is 10.00. The van der Waals surface area contributed by atoms with Crippen LogP contribution in [0.5, 0.6) is 11.5 Å². The number of nitrogens with one attached hydrogen (secondary N) is 2. The molecule has 0 aliphatic carbocycles. The van der Waals surface area contributed by atoms with Gasteiger partial charge in [-0.2, -0.15) is 0 Å². The Morgan fingerprint density at radius 1 is 1.02 bits per heavy atom. The number of hydrogen-bond acceptors (Lipinski definition) is 7. The number of rotatable bonds is 6. The normalized spacial score (nSPS) is 13.1. The van der Waals surface area contributed by atoms with Gasteiger partial charge in [-0.1, -0.05) is 36.4 Å². The Kier molecular flexibility index (Phi) is 7.01. The highest BCUT2D eigenvalue weighted by Gasteiger charge is 2.26. The van der Waals surface area contributed by atoms with E-state index in [9.17, 15) is 4.79 Å².